The highest BCUT2D eigenvalue weighted by Gasteiger charge is 2.52. The van der Waals surface area contributed by atoms with E-state index in [9.17, 15) is 4.79 Å². The number of esters is 1. The second-order valence-corrected chi connectivity index (χ2v) is 5.92. The van der Waals surface area contributed by atoms with Gasteiger partial charge in [-0.05, 0) is 56.8 Å². The third-order valence-electron chi connectivity index (χ3n) is 4.81. The van der Waals surface area contributed by atoms with Crippen LogP contribution in [-0.4, -0.2) is 25.3 Å². The molecule has 3 atom stereocenters. The molecule has 2 bridgehead atoms. The first kappa shape index (κ1) is 13.9. The fraction of sp³-hybridized carbons (Fsp3) is 0.933. The lowest BCUT2D eigenvalue weighted by molar-refractivity contribution is -0.166. The first-order valence-electron chi connectivity index (χ1n) is 7.41. The molecule has 2 aliphatic rings. The summed E-state index contributed by atoms with van der Waals surface area (Å²) in [5.41, 5.74) is -0.110. The Kier molecular flexibility index (Phi) is 4.66. The Hall–Kier alpha value is -0.570. The standard InChI is InChI=1S/C15H26O3/c1-3-15(11-12-7-8-13(15)10-12)18-14(16)6-4-5-9-17-2/h12-13H,3-11H2,1-2H3. The molecule has 2 fully saturated rings. The lowest BCUT2D eigenvalue weighted by Crippen LogP contribution is -2.39. The minimum absolute atomic E-state index is 0.000466. The molecule has 0 aromatic heterocycles. The van der Waals surface area contributed by atoms with E-state index in [1.807, 2.05) is 0 Å². The summed E-state index contributed by atoms with van der Waals surface area (Å²) in [5, 5.41) is 0. The average Bonchev–Trinajstić information content (AvgIpc) is 2.95. The Morgan fingerprint density at radius 2 is 2.17 bits per heavy atom. The molecule has 0 N–H and O–H groups in total. The van der Waals surface area contributed by atoms with Crippen molar-refractivity contribution >= 4 is 5.97 Å². The maximum absolute atomic E-state index is 11.9. The van der Waals surface area contributed by atoms with E-state index in [-0.39, 0.29) is 11.6 Å². The molecule has 18 heavy (non-hydrogen) atoms. The van der Waals surface area contributed by atoms with Gasteiger partial charge in [-0.15, -0.1) is 0 Å². The number of hydrogen-bond acceptors (Lipinski definition) is 3. The summed E-state index contributed by atoms with van der Waals surface area (Å²) in [4.78, 5) is 11.9. The smallest absolute Gasteiger partial charge is 0.306 e. The van der Waals surface area contributed by atoms with E-state index >= 15 is 0 Å². The molecule has 2 aliphatic carbocycles. The lowest BCUT2D eigenvalue weighted by atomic mass is 9.82. The van der Waals surface area contributed by atoms with Gasteiger partial charge in [-0.2, -0.15) is 0 Å². The van der Waals surface area contributed by atoms with Gasteiger partial charge in [0.15, 0.2) is 0 Å². The van der Waals surface area contributed by atoms with Crippen molar-refractivity contribution in [1.29, 1.82) is 0 Å². The van der Waals surface area contributed by atoms with Crippen LogP contribution in [0, 0.1) is 11.8 Å². The maximum atomic E-state index is 11.9. The zero-order valence-corrected chi connectivity index (χ0v) is 11.7. The zero-order valence-electron chi connectivity index (χ0n) is 11.7. The summed E-state index contributed by atoms with van der Waals surface area (Å²) < 4.78 is 10.9. The monoisotopic (exact) mass is 254 g/mol. The molecule has 0 amide bonds. The third-order valence-corrected chi connectivity index (χ3v) is 4.81. The van der Waals surface area contributed by atoms with Gasteiger partial charge >= 0.3 is 5.97 Å². The van der Waals surface area contributed by atoms with Crippen LogP contribution in [0.3, 0.4) is 0 Å². The Labute approximate surface area is 110 Å². The maximum Gasteiger partial charge on any atom is 0.306 e. The van der Waals surface area contributed by atoms with Gasteiger partial charge in [0.25, 0.3) is 0 Å². The van der Waals surface area contributed by atoms with E-state index in [4.69, 9.17) is 9.47 Å². The van der Waals surface area contributed by atoms with E-state index in [2.05, 4.69) is 6.92 Å². The van der Waals surface area contributed by atoms with Crippen LogP contribution >= 0.6 is 0 Å². The number of carbonyl (C=O) groups is 1. The quantitative estimate of drug-likeness (QED) is 0.516. The first-order valence-corrected chi connectivity index (χ1v) is 7.41. The second kappa shape index (κ2) is 6.05. The Morgan fingerprint density at radius 3 is 2.72 bits per heavy atom. The molecule has 104 valence electrons. The summed E-state index contributed by atoms with van der Waals surface area (Å²) in [7, 11) is 1.69. The largest absolute Gasteiger partial charge is 0.459 e. The molecular weight excluding hydrogens is 228 g/mol. The van der Waals surface area contributed by atoms with E-state index < -0.39 is 0 Å². The molecule has 0 heterocycles. The van der Waals surface area contributed by atoms with Crippen molar-refractivity contribution < 1.29 is 14.3 Å². The molecular formula is C15H26O3. The van der Waals surface area contributed by atoms with Crippen LogP contribution in [0.15, 0.2) is 0 Å². The molecule has 3 heteroatoms. The van der Waals surface area contributed by atoms with E-state index in [1.54, 1.807) is 7.11 Å². The van der Waals surface area contributed by atoms with E-state index in [0.717, 1.165) is 38.2 Å². The number of fused-ring (bicyclic) bond motifs is 2. The van der Waals surface area contributed by atoms with Crippen LogP contribution in [0.25, 0.3) is 0 Å². The van der Waals surface area contributed by atoms with Gasteiger partial charge < -0.3 is 9.47 Å². The summed E-state index contributed by atoms with van der Waals surface area (Å²) >= 11 is 0. The fourth-order valence-corrected chi connectivity index (χ4v) is 3.82. The molecule has 0 aromatic rings. The van der Waals surface area contributed by atoms with Gasteiger partial charge in [-0.3, -0.25) is 4.79 Å². The van der Waals surface area contributed by atoms with Crippen molar-refractivity contribution in [1.82, 2.24) is 0 Å². The molecule has 0 aliphatic heterocycles. The van der Waals surface area contributed by atoms with Gasteiger partial charge in [-0.25, -0.2) is 0 Å². The molecule has 2 saturated carbocycles. The van der Waals surface area contributed by atoms with Gasteiger partial charge in [0.05, 0.1) is 0 Å². The normalized spacial score (nSPS) is 33.9. The lowest BCUT2D eigenvalue weighted by Gasteiger charge is -2.36. The Morgan fingerprint density at radius 1 is 1.33 bits per heavy atom. The van der Waals surface area contributed by atoms with Crippen LogP contribution in [0.2, 0.25) is 0 Å². The average molecular weight is 254 g/mol. The van der Waals surface area contributed by atoms with Gasteiger partial charge in [-0.1, -0.05) is 6.92 Å². The van der Waals surface area contributed by atoms with E-state index in [0.29, 0.717) is 12.3 Å². The fourth-order valence-electron chi connectivity index (χ4n) is 3.82. The summed E-state index contributed by atoms with van der Waals surface area (Å²) in [6.07, 6.45) is 8.34. The number of methoxy groups -OCH3 is 1. The Bertz CT molecular complexity index is 289. The predicted molar refractivity (Wildman–Crippen MR) is 70.3 cm³/mol. The highest BCUT2D eigenvalue weighted by molar-refractivity contribution is 5.70. The predicted octanol–water partition coefficient (Wildman–Crippen LogP) is 3.32. The van der Waals surface area contributed by atoms with Crippen molar-refractivity contribution in [3.05, 3.63) is 0 Å². The van der Waals surface area contributed by atoms with Gasteiger partial charge in [0, 0.05) is 20.1 Å². The second-order valence-electron chi connectivity index (χ2n) is 5.92. The van der Waals surface area contributed by atoms with Crippen molar-refractivity contribution in [3.63, 3.8) is 0 Å². The molecule has 0 radical (unpaired) electrons. The molecule has 0 saturated heterocycles. The van der Waals surface area contributed by atoms with Crippen LogP contribution in [0.1, 0.15) is 58.3 Å². The number of unbranched alkanes of at least 4 members (excludes halogenated alkanes) is 1. The van der Waals surface area contributed by atoms with Crippen molar-refractivity contribution in [2.24, 2.45) is 11.8 Å². The van der Waals surface area contributed by atoms with Crippen LogP contribution in [0.4, 0.5) is 0 Å². The van der Waals surface area contributed by atoms with Crippen LogP contribution in [0.5, 0.6) is 0 Å². The number of hydrogen-bond donors (Lipinski definition) is 0. The molecule has 2 rings (SSSR count). The molecule has 0 spiro atoms. The third kappa shape index (κ3) is 2.87. The first-order chi connectivity index (χ1) is 8.70. The van der Waals surface area contributed by atoms with Crippen molar-refractivity contribution in [2.45, 2.75) is 63.9 Å². The van der Waals surface area contributed by atoms with Crippen molar-refractivity contribution in [3.8, 4) is 0 Å². The highest BCUT2D eigenvalue weighted by atomic mass is 16.6. The minimum atomic E-state index is -0.110. The van der Waals surface area contributed by atoms with E-state index in [1.165, 1.54) is 19.3 Å². The number of rotatable bonds is 7. The van der Waals surface area contributed by atoms with Gasteiger partial charge in [0.2, 0.25) is 0 Å². The zero-order chi connectivity index (χ0) is 13.0. The highest BCUT2D eigenvalue weighted by Crippen LogP contribution is 2.54. The number of ether oxygens (including phenoxy) is 2. The Balaban J connectivity index is 1.78. The topological polar surface area (TPSA) is 35.5 Å². The number of carbonyl (C=O) groups excluding carboxylic acids is 1. The van der Waals surface area contributed by atoms with Crippen LogP contribution < -0.4 is 0 Å². The summed E-state index contributed by atoms with van der Waals surface area (Å²) in [5.74, 6) is 1.45. The summed E-state index contributed by atoms with van der Waals surface area (Å²) in [6, 6.07) is 0. The molecule has 0 aromatic carbocycles. The van der Waals surface area contributed by atoms with Crippen molar-refractivity contribution in [2.75, 3.05) is 13.7 Å². The molecule has 3 unspecified atom stereocenters. The molecule has 3 nitrogen and oxygen atoms in total. The van der Waals surface area contributed by atoms with Gasteiger partial charge in [0.1, 0.15) is 5.60 Å². The minimum Gasteiger partial charge on any atom is -0.459 e. The summed E-state index contributed by atoms with van der Waals surface area (Å²) in [6.45, 7) is 2.90. The SMILES string of the molecule is CCC1(OC(=O)CCCCOC)CC2CCC1C2. The van der Waals surface area contributed by atoms with Crippen LogP contribution in [-0.2, 0) is 14.3 Å².